The summed E-state index contributed by atoms with van der Waals surface area (Å²) in [6.45, 7) is 0.0184. The Balaban J connectivity index is 2.15. The predicted octanol–water partition coefficient (Wildman–Crippen LogP) is 1.12. The van der Waals surface area contributed by atoms with Gasteiger partial charge in [-0.25, -0.2) is 0 Å². The van der Waals surface area contributed by atoms with Crippen LogP contribution in [0.2, 0.25) is 0 Å². The molecule has 0 amide bonds. The molecule has 0 spiro atoms. The first kappa shape index (κ1) is 7.55. The summed E-state index contributed by atoms with van der Waals surface area (Å²) in [7, 11) is 0. The van der Waals surface area contributed by atoms with Crippen LogP contribution in [-0.2, 0) is 6.61 Å². The highest BCUT2D eigenvalue weighted by Crippen LogP contribution is 2.28. The van der Waals surface area contributed by atoms with Crippen LogP contribution in [0.4, 0.5) is 0 Å². The summed E-state index contributed by atoms with van der Waals surface area (Å²) in [4.78, 5) is 3.94. The third kappa shape index (κ3) is 1.56. The minimum atomic E-state index is 0.0184. The number of hydrogen-bond donors (Lipinski definition) is 1. The van der Waals surface area contributed by atoms with Crippen molar-refractivity contribution >= 4 is 0 Å². The zero-order valence-electron chi connectivity index (χ0n) is 6.73. The lowest BCUT2D eigenvalue weighted by Crippen LogP contribution is -1.99. The number of ether oxygens (including phenoxy) is 1. The lowest BCUT2D eigenvalue weighted by atomic mass is 10.2. The number of rotatable bonds is 3. The standard InChI is InChI=1S/C9H11NO2/c11-6-7-3-4-10-5-9(7)12-8-1-2-8/h3-5,8,11H,1-2,6H2. The number of aromatic nitrogens is 1. The molecule has 0 bridgehead atoms. The number of hydrogen-bond acceptors (Lipinski definition) is 3. The third-order valence-corrected chi connectivity index (χ3v) is 1.86. The van der Waals surface area contributed by atoms with Crippen molar-refractivity contribution in [2.24, 2.45) is 0 Å². The van der Waals surface area contributed by atoms with E-state index in [0.717, 1.165) is 24.2 Å². The molecule has 1 aromatic heterocycles. The number of aliphatic hydroxyl groups is 1. The van der Waals surface area contributed by atoms with Gasteiger partial charge in [0.2, 0.25) is 0 Å². The van der Waals surface area contributed by atoms with Gasteiger partial charge in [0.05, 0.1) is 18.9 Å². The first-order valence-corrected chi connectivity index (χ1v) is 4.10. The summed E-state index contributed by atoms with van der Waals surface area (Å²) in [6.07, 6.45) is 5.92. The van der Waals surface area contributed by atoms with Crippen LogP contribution in [0, 0.1) is 0 Å². The Labute approximate surface area is 71.0 Å². The molecule has 1 saturated carbocycles. The zero-order chi connectivity index (χ0) is 8.39. The van der Waals surface area contributed by atoms with Gasteiger partial charge in [-0.15, -0.1) is 0 Å². The van der Waals surface area contributed by atoms with Crippen molar-refractivity contribution < 1.29 is 9.84 Å². The second kappa shape index (κ2) is 3.11. The van der Waals surface area contributed by atoms with Crippen molar-refractivity contribution in [3.05, 3.63) is 24.0 Å². The van der Waals surface area contributed by atoms with E-state index in [4.69, 9.17) is 9.84 Å². The van der Waals surface area contributed by atoms with Crippen LogP contribution in [0.15, 0.2) is 18.5 Å². The van der Waals surface area contributed by atoms with Gasteiger partial charge >= 0.3 is 0 Å². The average molecular weight is 165 g/mol. The fourth-order valence-corrected chi connectivity index (χ4v) is 1.01. The number of aliphatic hydroxyl groups excluding tert-OH is 1. The Kier molecular flexibility index (Phi) is 1.96. The second-order valence-corrected chi connectivity index (χ2v) is 2.96. The van der Waals surface area contributed by atoms with Crippen molar-refractivity contribution in [3.8, 4) is 5.75 Å². The Hall–Kier alpha value is -1.09. The highest BCUT2D eigenvalue weighted by molar-refractivity contribution is 5.29. The molecule has 1 heterocycles. The van der Waals surface area contributed by atoms with Crippen molar-refractivity contribution in [2.45, 2.75) is 25.6 Å². The zero-order valence-corrected chi connectivity index (χ0v) is 6.73. The molecule has 0 saturated heterocycles. The molecule has 0 radical (unpaired) electrons. The Morgan fingerprint density at radius 1 is 1.58 bits per heavy atom. The Morgan fingerprint density at radius 2 is 2.42 bits per heavy atom. The van der Waals surface area contributed by atoms with Crippen molar-refractivity contribution in [2.75, 3.05) is 0 Å². The quantitative estimate of drug-likeness (QED) is 0.729. The van der Waals surface area contributed by atoms with Crippen LogP contribution < -0.4 is 4.74 Å². The lowest BCUT2D eigenvalue weighted by molar-refractivity contribution is 0.257. The van der Waals surface area contributed by atoms with Gasteiger partial charge in [-0.1, -0.05) is 0 Å². The number of pyridine rings is 1. The third-order valence-electron chi connectivity index (χ3n) is 1.86. The summed E-state index contributed by atoms with van der Waals surface area (Å²) in [5, 5.41) is 8.94. The summed E-state index contributed by atoms with van der Waals surface area (Å²) in [6, 6.07) is 1.78. The molecule has 1 aliphatic rings. The van der Waals surface area contributed by atoms with Gasteiger partial charge in [0.15, 0.2) is 0 Å². The monoisotopic (exact) mass is 165 g/mol. The topological polar surface area (TPSA) is 42.4 Å². The minimum Gasteiger partial charge on any atom is -0.488 e. The van der Waals surface area contributed by atoms with E-state index >= 15 is 0 Å². The van der Waals surface area contributed by atoms with Gasteiger partial charge in [0.25, 0.3) is 0 Å². The van der Waals surface area contributed by atoms with E-state index in [1.807, 2.05) is 0 Å². The molecule has 64 valence electrons. The fourth-order valence-electron chi connectivity index (χ4n) is 1.01. The lowest BCUT2D eigenvalue weighted by Gasteiger charge is -2.06. The predicted molar refractivity (Wildman–Crippen MR) is 43.8 cm³/mol. The maximum atomic E-state index is 8.94. The van der Waals surface area contributed by atoms with Crippen LogP contribution in [0.3, 0.4) is 0 Å². The van der Waals surface area contributed by atoms with Gasteiger partial charge < -0.3 is 9.84 Å². The fraction of sp³-hybridized carbons (Fsp3) is 0.444. The van der Waals surface area contributed by atoms with Gasteiger partial charge in [0.1, 0.15) is 5.75 Å². The molecule has 0 atom stereocenters. The van der Waals surface area contributed by atoms with E-state index < -0.39 is 0 Å². The van der Waals surface area contributed by atoms with Gasteiger partial charge in [0, 0.05) is 11.8 Å². The number of nitrogens with zero attached hydrogens (tertiary/aromatic N) is 1. The highest BCUT2D eigenvalue weighted by Gasteiger charge is 2.24. The van der Waals surface area contributed by atoms with Crippen LogP contribution in [0.1, 0.15) is 18.4 Å². The highest BCUT2D eigenvalue weighted by atomic mass is 16.5. The molecule has 0 unspecified atom stereocenters. The average Bonchev–Trinajstić information content (AvgIpc) is 2.89. The smallest absolute Gasteiger partial charge is 0.143 e. The second-order valence-electron chi connectivity index (χ2n) is 2.96. The summed E-state index contributed by atoms with van der Waals surface area (Å²) < 4.78 is 5.52. The SMILES string of the molecule is OCc1ccncc1OC1CC1. The Bertz CT molecular complexity index is 271. The molecular weight excluding hydrogens is 154 g/mol. The van der Waals surface area contributed by atoms with E-state index in [2.05, 4.69) is 4.98 Å². The van der Waals surface area contributed by atoms with Crippen LogP contribution in [0.5, 0.6) is 5.75 Å². The van der Waals surface area contributed by atoms with Gasteiger partial charge in [-0.05, 0) is 18.9 Å². The van der Waals surface area contributed by atoms with E-state index in [1.54, 1.807) is 18.5 Å². The molecule has 1 aromatic rings. The molecule has 0 aliphatic heterocycles. The molecule has 0 aromatic carbocycles. The van der Waals surface area contributed by atoms with Crippen molar-refractivity contribution in [1.82, 2.24) is 4.98 Å². The van der Waals surface area contributed by atoms with E-state index in [-0.39, 0.29) is 6.61 Å². The van der Waals surface area contributed by atoms with E-state index in [9.17, 15) is 0 Å². The maximum Gasteiger partial charge on any atom is 0.143 e. The summed E-state index contributed by atoms with van der Waals surface area (Å²) >= 11 is 0. The minimum absolute atomic E-state index is 0.0184. The molecule has 3 nitrogen and oxygen atoms in total. The molecule has 1 aliphatic carbocycles. The normalized spacial score (nSPS) is 16.1. The molecular formula is C9H11NO2. The van der Waals surface area contributed by atoms with Crippen molar-refractivity contribution in [1.29, 1.82) is 0 Å². The largest absolute Gasteiger partial charge is 0.488 e. The van der Waals surface area contributed by atoms with E-state index in [1.165, 1.54) is 0 Å². The summed E-state index contributed by atoms with van der Waals surface area (Å²) in [5.74, 6) is 0.725. The maximum absolute atomic E-state index is 8.94. The van der Waals surface area contributed by atoms with Gasteiger partial charge in [-0.3, -0.25) is 4.98 Å². The van der Waals surface area contributed by atoms with E-state index in [0.29, 0.717) is 6.10 Å². The molecule has 12 heavy (non-hydrogen) atoms. The first-order chi connectivity index (χ1) is 5.90. The summed E-state index contributed by atoms with van der Waals surface area (Å²) in [5.41, 5.74) is 0.817. The van der Waals surface area contributed by atoms with Crippen molar-refractivity contribution in [3.63, 3.8) is 0 Å². The van der Waals surface area contributed by atoms with Crippen LogP contribution in [0.25, 0.3) is 0 Å². The van der Waals surface area contributed by atoms with Gasteiger partial charge in [-0.2, -0.15) is 0 Å². The molecule has 3 heteroatoms. The molecule has 1 N–H and O–H groups in total. The first-order valence-electron chi connectivity index (χ1n) is 4.10. The van der Waals surface area contributed by atoms with Crippen LogP contribution in [-0.4, -0.2) is 16.2 Å². The molecule has 1 fully saturated rings. The molecule has 2 rings (SSSR count). The van der Waals surface area contributed by atoms with Crippen LogP contribution >= 0.6 is 0 Å². The Morgan fingerprint density at radius 3 is 3.08 bits per heavy atom.